The molecule has 88 valence electrons. The van der Waals surface area contributed by atoms with Crippen molar-refractivity contribution in [2.24, 2.45) is 0 Å². The van der Waals surface area contributed by atoms with Crippen LogP contribution in [-0.2, 0) is 15.3 Å². The van der Waals surface area contributed by atoms with Crippen LogP contribution < -0.4 is 5.32 Å². The molecule has 0 bridgehead atoms. The highest BCUT2D eigenvalue weighted by atomic mass is 32.2. The number of methoxy groups -OCH3 is 1. The van der Waals surface area contributed by atoms with Gasteiger partial charge in [0.1, 0.15) is 5.82 Å². The van der Waals surface area contributed by atoms with Gasteiger partial charge in [-0.3, -0.25) is 4.79 Å². The number of anilines is 1. The van der Waals surface area contributed by atoms with Gasteiger partial charge in [0.25, 0.3) is 0 Å². The molecule has 0 aliphatic rings. The summed E-state index contributed by atoms with van der Waals surface area (Å²) in [6, 6.07) is 3.95. The van der Waals surface area contributed by atoms with Crippen LogP contribution in [0.2, 0.25) is 0 Å². The van der Waals surface area contributed by atoms with Crippen molar-refractivity contribution in [3.63, 3.8) is 0 Å². The Labute approximate surface area is 99.8 Å². The molecule has 0 spiro atoms. The molecule has 0 fully saturated rings. The number of rotatable bonds is 6. The van der Waals surface area contributed by atoms with Gasteiger partial charge in [0.05, 0.1) is 13.5 Å². The van der Waals surface area contributed by atoms with E-state index in [1.807, 2.05) is 19.2 Å². The molecule has 5 heteroatoms. The van der Waals surface area contributed by atoms with E-state index in [4.69, 9.17) is 0 Å². The summed E-state index contributed by atoms with van der Waals surface area (Å²) in [6.07, 6.45) is 2.21. The molecule has 0 amide bonds. The summed E-state index contributed by atoms with van der Waals surface area (Å²) in [5.41, 5.74) is 1.15. The van der Waals surface area contributed by atoms with Crippen LogP contribution in [0.25, 0.3) is 0 Å². The highest BCUT2D eigenvalue weighted by Crippen LogP contribution is 2.18. The topological polar surface area (TPSA) is 51.2 Å². The number of ether oxygens (including phenoxy) is 1. The number of thioether (sulfide) groups is 1. The SMILES string of the molecule is CNc1ncccc1CSCCC(=O)OC. The van der Waals surface area contributed by atoms with Crippen molar-refractivity contribution < 1.29 is 9.53 Å². The standard InChI is InChI=1S/C11H16N2O2S/c1-12-11-9(4-3-6-13-11)8-16-7-5-10(14)15-2/h3-4,6H,5,7-8H2,1-2H3,(H,12,13). The quantitative estimate of drug-likeness (QED) is 0.608. The van der Waals surface area contributed by atoms with Crippen molar-refractivity contribution >= 4 is 23.5 Å². The Hall–Kier alpha value is -1.23. The molecule has 0 atom stereocenters. The molecule has 1 N–H and O–H groups in total. The van der Waals surface area contributed by atoms with Crippen molar-refractivity contribution in [2.75, 3.05) is 25.2 Å². The van der Waals surface area contributed by atoms with Gasteiger partial charge in [-0.15, -0.1) is 0 Å². The molecular formula is C11H16N2O2S. The zero-order valence-electron chi connectivity index (χ0n) is 9.53. The molecule has 0 aliphatic carbocycles. The van der Waals surface area contributed by atoms with Crippen LogP contribution in [0.4, 0.5) is 5.82 Å². The fourth-order valence-corrected chi connectivity index (χ4v) is 2.13. The maximum Gasteiger partial charge on any atom is 0.306 e. The van der Waals surface area contributed by atoms with Gasteiger partial charge in [-0.1, -0.05) is 6.07 Å². The molecule has 0 aromatic carbocycles. The van der Waals surface area contributed by atoms with E-state index < -0.39 is 0 Å². The molecule has 1 heterocycles. The number of hydrogen-bond acceptors (Lipinski definition) is 5. The highest BCUT2D eigenvalue weighted by molar-refractivity contribution is 7.98. The predicted octanol–water partition coefficient (Wildman–Crippen LogP) is 1.92. The van der Waals surface area contributed by atoms with Gasteiger partial charge in [0.2, 0.25) is 0 Å². The van der Waals surface area contributed by atoms with Gasteiger partial charge in [-0.05, 0) is 6.07 Å². The number of esters is 1. The Balaban J connectivity index is 2.34. The Bertz CT molecular complexity index is 345. The molecule has 0 saturated carbocycles. The van der Waals surface area contributed by atoms with Gasteiger partial charge in [-0.2, -0.15) is 11.8 Å². The summed E-state index contributed by atoms with van der Waals surface area (Å²) in [7, 11) is 3.26. The molecule has 0 unspecified atom stereocenters. The summed E-state index contributed by atoms with van der Waals surface area (Å²) >= 11 is 1.70. The van der Waals surface area contributed by atoms with Crippen molar-refractivity contribution in [1.29, 1.82) is 0 Å². The monoisotopic (exact) mass is 240 g/mol. The number of nitrogens with one attached hydrogen (secondary N) is 1. The summed E-state index contributed by atoms with van der Waals surface area (Å²) in [5.74, 6) is 2.35. The number of nitrogens with zero attached hydrogens (tertiary/aromatic N) is 1. The lowest BCUT2D eigenvalue weighted by Crippen LogP contribution is -2.02. The van der Waals surface area contributed by atoms with Crippen molar-refractivity contribution in [3.05, 3.63) is 23.9 Å². The minimum absolute atomic E-state index is 0.160. The molecule has 4 nitrogen and oxygen atoms in total. The van der Waals surface area contributed by atoms with E-state index in [9.17, 15) is 4.79 Å². The van der Waals surface area contributed by atoms with Gasteiger partial charge in [-0.25, -0.2) is 4.98 Å². The summed E-state index contributed by atoms with van der Waals surface area (Å²) < 4.78 is 4.57. The van der Waals surface area contributed by atoms with E-state index in [-0.39, 0.29) is 5.97 Å². The van der Waals surface area contributed by atoms with E-state index in [0.29, 0.717) is 6.42 Å². The van der Waals surface area contributed by atoms with Gasteiger partial charge in [0, 0.05) is 30.3 Å². The van der Waals surface area contributed by atoms with Gasteiger partial charge >= 0.3 is 5.97 Å². The second-order valence-electron chi connectivity index (χ2n) is 3.14. The minimum atomic E-state index is -0.160. The minimum Gasteiger partial charge on any atom is -0.469 e. The zero-order valence-corrected chi connectivity index (χ0v) is 10.3. The molecule has 16 heavy (non-hydrogen) atoms. The molecule has 1 aromatic rings. The van der Waals surface area contributed by atoms with Crippen molar-refractivity contribution in [1.82, 2.24) is 4.98 Å². The molecular weight excluding hydrogens is 224 g/mol. The first-order valence-electron chi connectivity index (χ1n) is 5.04. The lowest BCUT2D eigenvalue weighted by molar-refractivity contribution is -0.140. The van der Waals surface area contributed by atoms with Crippen LogP contribution in [0.1, 0.15) is 12.0 Å². The van der Waals surface area contributed by atoms with E-state index >= 15 is 0 Å². The number of hydrogen-bond donors (Lipinski definition) is 1. The predicted molar refractivity (Wildman–Crippen MR) is 66.6 cm³/mol. The average molecular weight is 240 g/mol. The van der Waals surface area contributed by atoms with E-state index in [1.165, 1.54) is 7.11 Å². The van der Waals surface area contributed by atoms with Crippen LogP contribution in [0.5, 0.6) is 0 Å². The first-order valence-corrected chi connectivity index (χ1v) is 6.19. The van der Waals surface area contributed by atoms with Crippen LogP contribution in [0.3, 0.4) is 0 Å². The maximum absolute atomic E-state index is 10.9. The molecule has 0 aliphatic heterocycles. The van der Waals surface area contributed by atoms with Crippen molar-refractivity contribution in [2.45, 2.75) is 12.2 Å². The Morgan fingerprint density at radius 1 is 1.62 bits per heavy atom. The normalized spacial score (nSPS) is 9.88. The number of carbonyl (C=O) groups is 1. The lowest BCUT2D eigenvalue weighted by Gasteiger charge is -2.06. The third-order valence-corrected chi connectivity index (χ3v) is 3.07. The van der Waals surface area contributed by atoms with Crippen molar-refractivity contribution in [3.8, 4) is 0 Å². The van der Waals surface area contributed by atoms with E-state index in [0.717, 1.165) is 22.9 Å². The zero-order chi connectivity index (χ0) is 11.8. The average Bonchev–Trinajstić information content (AvgIpc) is 2.34. The summed E-state index contributed by atoms with van der Waals surface area (Å²) in [5, 5.41) is 3.04. The third-order valence-electron chi connectivity index (χ3n) is 2.06. The lowest BCUT2D eigenvalue weighted by atomic mass is 10.3. The summed E-state index contributed by atoms with van der Waals surface area (Å²) in [4.78, 5) is 15.1. The fraction of sp³-hybridized carbons (Fsp3) is 0.455. The Kier molecular flexibility index (Phi) is 5.71. The number of aromatic nitrogens is 1. The molecule has 0 radical (unpaired) electrons. The third kappa shape index (κ3) is 4.10. The molecule has 0 saturated heterocycles. The second-order valence-corrected chi connectivity index (χ2v) is 4.25. The number of carbonyl (C=O) groups excluding carboxylic acids is 1. The van der Waals surface area contributed by atoms with Crippen LogP contribution in [0.15, 0.2) is 18.3 Å². The van der Waals surface area contributed by atoms with Gasteiger partial charge < -0.3 is 10.1 Å². The Morgan fingerprint density at radius 3 is 3.12 bits per heavy atom. The first-order chi connectivity index (χ1) is 7.77. The van der Waals surface area contributed by atoms with Crippen LogP contribution in [0, 0.1) is 0 Å². The van der Waals surface area contributed by atoms with E-state index in [2.05, 4.69) is 15.0 Å². The highest BCUT2D eigenvalue weighted by Gasteiger charge is 2.03. The van der Waals surface area contributed by atoms with E-state index in [1.54, 1.807) is 18.0 Å². The fourth-order valence-electron chi connectivity index (χ4n) is 1.22. The Morgan fingerprint density at radius 2 is 2.44 bits per heavy atom. The summed E-state index contributed by atoms with van der Waals surface area (Å²) in [6.45, 7) is 0. The van der Waals surface area contributed by atoms with Crippen LogP contribution in [-0.4, -0.2) is 30.9 Å². The van der Waals surface area contributed by atoms with Gasteiger partial charge in [0.15, 0.2) is 0 Å². The maximum atomic E-state index is 10.9. The largest absolute Gasteiger partial charge is 0.469 e. The smallest absolute Gasteiger partial charge is 0.306 e. The molecule has 1 rings (SSSR count). The first kappa shape index (κ1) is 12.8. The van der Waals surface area contributed by atoms with Crippen LogP contribution >= 0.6 is 11.8 Å². The number of pyridine rings is 1. The second kappa shape index (κ2) is 7.11. The molecule has 1 aromatic heterocycles.